The number of hydrogen-bond donors (Lipinski definition) is 1. The van der Waals surface area contributed by atoms with Gasteiger partial charge in [0.2, 0.25) is 5.95 Å². The third kappa shape index (κ3) is 9.10. The van der Waals surface area contributed by atoms with Crippen LogP contribution in [0.5, 0.6) is 0 Å². The van der Waals surface area contributed by atoms with Gasteiger partial charge in [-0.25, -0.2) is 13.8 Å². The lowest BCUT2D eigenvalue weighted by Crippen LogP contribution is -2.47. The summed E-state index contributed by atoms with van der Waals surface area (Å²) in [4.78, 5) is 17.5. The van der Waals surface area contributed by atoms with Gasteiger partial charge in [-0.2, -0.15) is 26.3 Å². The number of alkyl halides is 6. The summed E-state index contributed by atoms with van der Waals surface area (Å²) >= 11 is 0. The first kappa shape index (κ1) is 38.9. The third-order valence-corrected chi connectivity index (χ3v) is 10.1. The fourth-order valence-electron chi connectivity index (χ4n) is 5.69. The van der Waals surface area contributed by atoms with Crippen molar-refractivity contribution in [1.29, 1.82) is 0 Å². The molecule has 1 aliphatic heterocycles. The summed E-state index contributed by atoms with van der Waals surface area (Å²) < 4.78 is 134. The van der Waals surface area contributed by atoms with Crippen molar-refractivity contribution in [2.24, 2.45) is 0 Å². The van der Waals surface area contributed by atoms with Gasteiger partial charge in [0.05, 0.1) is 37.1 Å². The smallest absolute Gasteiger partial charge is 0.348 e. The van der Waals surface area contributed by atoms with Gasteiger partial charge in [-0.1, -0.05) is 72.8 Å². The third-order valence-electron chi connectivity index (χ3n) is 8.41. The molecule has 1 aliphatic rings. The van der Waals surface area contributed by atoms with Crippen LogP contribution in [0.1, 0.15) is 52.5 Å². The Labute approximate surface area is 303 Å². The Balaban J connectivity index is 1.35. The molecule has 0 aliphatic carbocycles. The minimum atomic E-state index is -5.09. The van der Waals surface area contributed by atoms with E-state index >= 15 is 0 Å². The molecule has 0 bridgehead atoms. The van der Waals surface area contributed by atoms with E-state index in [0.717, 1.165) is 12.1 Å². The van der Waals surface area contributed by atoms with Crippen molar-refractivity contribution in [3.05, 3.63) is 153 Å². The minimum Gasteiger partial charge on any atom is -0.348 e. The average Bonchev–Trinajstić information content (AvgIpc) is 3.55. The van der Waals surface area contributed by atoms with Crippen molar-refractivity contribution in [3.8, 4) is 0 Å². The SMILES string of the molecule is C[C@@H](O[C@H]1OCCN(c2nn(P(=O)(OCc3ccccc3)OCc3ccccc3)c(=O)[nH]2)[C@H]1c1ccc(F)cc1)c1cc(C(F)(F)F)cc(C(F)(F)F)c1. The number of aromatic amines is 1. The first-order chi connectivity index (χ1) is 25.6. The van der Waals surface area contributed by atoms with E-state index in [4.69, 9.17) is 18.5 Å². The van der Waals surface area contributed by atoms with Gasteiger partial charge >= 0.3 is 25.8 Å². The van der Waals surface area contributed by atoms with Crippen molar-refractivity contribution < 1.29 is 53.8 Å². The maximum absolute atomic E-state index is 14.4. The lowest BCUT2D eigenvalue weighted by molar-refractivity contribution is -0.192. The first-order valence-corrected chi connectivity index (χ1v) is 17.9. The molecule has 0 saturated carbocycles. The number of aromatic nitrogens is 3. The summed E-state index contributed by atoms with van der Waals surface area (Å²) in [5.74, 6) is -0.801. The quantitative estimate of drug-likeness (QED) is 0.0990. The van der Waals surface area contributed by atoms with Crippen LogP contribution in [0.2, 0.25) is 0 Å². The number of halogens is 7. The Hall–Kier alpha value is -4.80. The van der Waals surface area contributed by atoms with Crippen molar-refractivity contribution in [2.45, 2.75) is 50.9 Å². The van der Waals surface area contributed by atoms with Crippen molar-refractivity contribution in [1.82, 2.24) is 14.5 Å². The summed E-state index contributed by atoms with van der Waals surface area (Å²) in [5.41, 5.74) is -2.94. The molecule has 0 amide bonds. The summed E-state index contributed by atoms with van der Waals surface area (Å²) in [5, 5.41) is 4.30. The molecule has 6 rings (SSSR count). The molecule has 54 heavy (non-hydrogen) atoms. The Bertz CT molecular complexity index is 2050. The predicted octanol–water partition coefficient (Wildman–Crippen LogP) is 8.82. The van der Waals surface area contributed by atoms with Gasteiger partial charge in [0.1, 0.15) is 11.9 Å². The lowest BCUT2D eigenvalue weighted by Gasteiger charge is -2.41. The number of anilines is 1. The molecule has 286 valence electrons. The van der Waals surface area contributed by atoms with E-state index in [1.807, 2.05) is 0 Å². The zero-order valence-electron chi connectivity index (χ0n) is 28.3. The van der Waals surface area contributed by atoms with E-state index < -0.39 is 66.7 Å². The second kappa shape index (κ2) is 15.9. The standard InChI is InChI=1S/C36H32F7N4O6P/c1-23(27-18-28(35(38,39)40)20-29(19-27)36(41,42)43)53-32-31(26-12-14-30(37)15-13-26)46(16-17-50-32)33-44-34(48)47(45-33)54(49,51-21-24-8-4-2-5-9-24)52-22-25-10-6-3-7-11-25/h2-15,18-20,23,31-32H,16-17,21-22H2,1H3,(H,44,45,48)/t23-,31+,32-/m1/s1. The number of morpholine rings is 1. The van der Waals surface area contributed by atoms with Crippen LogP contribution in [0.3, 0.4) is 0 Å². The maximum Gasteiger partial charge on any atom is 0.460 e. The molecule has 0 spiro atoms. The van der Waals surface area contributed by atoms with Crippen LogP contribution >= 0.6 is 7.75 Å². The van der Waals surface area contributed by atoms with Gasteiger partial charge in [0.15, 0.2) is 6.29 Å². The van der Waals surface area contributed by atoms with Crippen LogP contribution in [0.25, 0.3) is 0 Å². The zero-order chi connectivity index (χ0) is 38.7. The molecule has 5 aromatic rings. The number of rotatable bonds is 12. The average molecular weight is 781 g/mol. The lowest BCUT2D eigenvalue weighted by atomic mass is 10.0. The molecular weight excluding hydrogens is 748 g/mol. The fraction of sp³-hybridized carbons (Fsp3) is 0.278. The van der Waals surface area contributed by atoms with Crippen LogP contribution in [-0.2, 0) is 48.7 Å². The number of ether oxygens (including phenoxy) is 2. The number of nitrogens with one attached hydrogen (secondary N) is 1. The molecule has 0 radical (unpaired) electrons. The van der Waals surface area contributed by atoms with Gasteiger partial charge in [-0.15, -0.1) is 9.55 Å². The highest BCUT2D eigenvalue weighted by atomic mass is 31.2. The van der Waals surface area contributed by atoms with Crippen LogP contribution in [0.4, 0.5) is 36.7 Å². The van der Waals surface area contributed by atoms with Crippen LogP contribution in [0, 0.1) is 5.82 Å². The van der Waals surface area contributed by atoms with E-state index in [2.05, 4.69) is 10.1 Å². The summed E-state index contributed by atoms with van der Waals surface area (Å²) in [7, 11) is -4.54. The van der Waals surface area contributed by atoms with Crippen molar-refractivity contribution >= 4 is 13.7 Å². The van der Waals surface area contributed by atoms with E-state index in [0.29, 0.717) is 33.3 Å². The van der Waals surface area contributed by atoms with Gasteiger partial charge in [-0.3, -0.25) is 14.0 Å². The van der Waals surface area contributed by atoms with Gasteiger partial charge in [0, 0.05) is 6.54 Å². The fourth-order valence-corrected chi connectivity index (χ4v) is 7.08. The molecule has 2 heterocycles. The highest BCUT2D eigenvalue weighted by Gasteiger charge is 2.41. The van der Waals surface area contributed by atoms with Gasteiger partial charge < -0.3 is 14.4 Å². The predicted molar refractivity (Wildman–Crippen MR) is 180 cm³/mol. The highest BCUT2D eigenvalue weighted by molar-refractivity contribution is 7.51. The number of nitrogens with zero attached hydrogens (tertiary/aromatic N) is 3. The van der Waals surface area contributed by atoms with E-state index in [-0.39, 0.29) is 38.4 Å². The first-order valence-electron chi connectivity index (χ1n) is 16.4. The molecule has 1 saturated heterocycles. The molecule has 1 N–H and O–H groups in total. The molecule has 1 aromatic heterocycles. The number of benzene rings is 4. The highest BCUT2D eigenvalue weighted by Crippen LogP contribution is 2.50. The van der Waals surface area contributed by atoms with Crippen LogP contribution in [0.15, 0.2) is 108 Å². The normalized spacial score (nSPS) is 17.4. The Morgan fingerprint density at radius 1 is 0.852 bits per heavy atom. The summed E-state index contributed by atoms with van der Waals surface area (Å²) in [6.45, 7) is 0.659. The molecule has 1 fully saturated rings. The Morgan fingerprint density at radius 2 is 1.39 bits per heavy atom. The molecule has 3 atom stereocenters. The second-order valence-corrected chi connectivity index (χ2v) is 14.0. The van der Waals surface area contributed by atoms with Crippen LogP contribution in [-0.4, -0.2) is 34.0 Å². The molecule has 10 nitrogen and oxygen atoms in total. The van der Waals surface area contributed by atoms with Crippen molar-refractivity contribution in [2.75, 3.05) is 18.1 Å². The van der Waals surface area contributed by atoms with Gasteiger partial charge in [0.25, 0.3) is 0 Å². The number of hydrogen-bond acceptors (Lipinski definition) is 8. The molecular formula is C36H32F7N4O6P. The zero-order valence-corrected chi connectivity index (χ0v) is 29.2. The maximum atomic E-state index is 14.4. The largest absolute Gasteiger partial charge is 0.460 e. The Morgan fingerprint density at radius 3 is 1.91 bits per heavy atom. The van der Waals surface area contributed by atoms with E-state index in [1.54, 1.807) is 60.7 Å². The minimum absolute atomic E-state index is 0.00882. The van der Waals surface area contributed by atoms with Gasteiger partial charge in [-0.05, 0) is 59.5 Å². The summed E-state index contributed by atoms with van der Waals surface area (Å²) in [6.07, 6.45) is -13.0. The summed E-state index contributed by atoms with van der Waals surface area (Å²) in [6, 6.07) is 22.3. The van der Waals surface area contributed by atoms with Crippen molar-refractivity contribution in [3.63, 3.8) is 0 Å². The topological polar surface area (TPSA) is 108 Å². The molecule has 0 unspecified atom stereocenters. The second-order valence-electron chi connectivity index (χ2n) is 12.2. The van der Waals surface area contributed by atoms with Crippen LogP contribution < -0.4 is 10.6 Å². The van der Waals surface area contributed by atoms with E-state index in [1.165, 1.54) is 24.0 Å². The molecule has 4 aromatic carbocycles. The monoisotopic (exact) mass is 780 g/mol. The van der Waals surface area contributed by atoms with E-state index in [9.17, 15) is 40.1 Å². The number of H-pyrrole nitrogens is 1. The Kier molecular flexibility index (Phi) is 11.5. The molecule has 18 heteroatoms.